The number of halogens is 1. The third-order valence-corrected chi connectivity index (χ3v) is 5.35. The van der Waals surface area contributed by atoms with Gasteiger partial charge in [-0.1, -0.05) is 25.4 Å². The van der Waals surface area contributed by atoms with E-state index in [2.05, 4.69) is 19.2 Å². The smallest absolute Gasteiger partial charge is 0.154 e. The second kappa shape index (κ2) is 6.99. The average Bonchev–Trinajstić information content (AvgIpc) is 2.71. The quantitative estimate of drug-likeness (QED) is 0.870. The van der Waals surface area contributed by atoms with Gasteiger partial charge in [0.1, 0.15) is 11.9 Å². The maximum atomic E-state index is 11.5. The molecule has 1 unspecified atom stereocenters. The number of rotatable bonds is 6. The molecule has 0 radical (unpaired) electrons. The predicted octanol–water partition coefficient (Wildman–Crippen LogP) is 2.65. The zero-order chi connectivity index (χ0) is 15.5. The Morgan fingerprint density at radius 2 is 2.19 bits per heavy atom. The van der Waals surface area contributed by atoms with E-state index >= 15 is 0 Å². The summed E-state index contributed by atoms with van der Waals surface area (Å²) in [5.74, 6) is 1.60. The van der Waals surface area contributed by atoms with Crippen molar-refractivity contribution < 1.29 is 13.2 Å². The predicted molar refractivity (Wildman–Crippen MR) is 85.7 cm³/mol. The Kier molecular flexibility index (Phi) is 5.52. The van der Waals surface area contributed by atoms with Crippen LogP contribution in [0.4, 0.5) is 0 Å². The van der Waals surface area contributed by atoms with Gasteiger partial charge in [0.2, 0.25) is 0 Å². The van der Waals surface area contributed by atoms with E-state index in [1.165, 1.54) is 0 Å². The van der Waals surface area contributed by atoms with Crippen LogP contribution in [-0.2, 0) is 16.4 Å². The highest BCUT2D eigenvalue weighted by Gasteiger charge is 2.29. The molecular weight excluding hydrogens is 310 g/mol. The second-order valence-electron chi connectivity index (χ2n) is 5.92. The third-order valence-electron chi connectivity index (χ3n) is 3.37. The maximum absolute atomic E-state index is 11.5. The molecule has 0 aromatic heterocycles. The van der Waals surface area contributed by atoms with Gasteiger partial charge in [-0.25, -0.2) is 8.42 Å². The summed E-state index contributed by atoms with van der Waals surface area (Å²) in [4.78, 5) is 0. The van der Waals surface area contributed by atoms with E-state index < -0.39 is 9.84 Å². The molecule has 1 aliphatic rings. The Balaban J connectivity index is 2.04. The maximum Gasteiger partial charge on any atom is 0.154 e. The first-order chi connectivity index (χ1) is 9.85. The highest BCUT2D eigenvalue weighted by molar-refractivity contribution is 7.91. The summed E-state index contributed by atoms with van der Waals surface area (Å²) in [6.07, 6.45) is 0.309. The van der Waals surface area contributed by atoms with Crippen molar-refractivity contribution in [3.8, 4) is 5.75 Å². The Morgan fingerprint density at radius 3 is 2.81 bits per heavy atom. The molecule has 1 atom stereocenters. The van der Waals surface area contributed by atoms with Crippen molar-refractivity contribution in [3.63, 3.8) is 0 Å². The summed E-state index contributed by atoms with van der Waals surface area (Å²) < 4.78 is 28.9. The fraction of sp³-hybridized carbons (Fsp3) is 0.600. The van der Waals surface area contributed by atoms with Gasteiger partial charge < -0.3 is 10.1 Å². The number of sulfone groups is 1. The molecule has 1 fully saturated rings. The van der Waals surface area contributed by atoms with Crippen LogP contribution in [0.1, 0.15) is 25.8 Å². The van der Waals surface area contributed by atoms with Gasteiger partial charge >= 0.3 is 0 Å². The Labute approximate surface area is 131 Å². The molecular formula is C15H22ClNO3S. The minimum absolute atomic E-state index is 0.106. The molecule has 1 aromatic carbocycles. The molecule has 0 spiro atoms. The largest absolute Gasteiger partial charge is 0.489 e. The van der Waals surface area contributed by atoms with Crippen LogP contribution in [-0.4, -0.2) is 32.6 Å². The van der Waals surface area contributed by atoms with Gasteiger partial charge in [0.05, 0.1) is 11.5 Å². The van der Waals surface area contributed by atoms with Crippen molar-refractivity contribution in [2.75, 3.05) is 18.1 Å². The molecule has 0 saturated carbocycles. The van der Waals surface area contributed by atoms with E-state index in [0.717, 1.165) is 17.9 Å². The average molecular weight is 332 g/mol. The van der Waals surface area contributed by atoms with E-state index in [1.807, 2.05) is 12.1 Å². The molecule has 1 heterocycles. The van der Waals surface area contributed by atoms with Gasteiger partial charge in [-0.3, -0.25) is 0 Å². The van der Waals surface area contributed by atoms with Gasteiger partial charge in [0.25, 0.3) is 0 Å². The summed E-state index contributed by atoms with van der Waals surface area (Å²) in [7, 11) is -2.93. The first-order valence-corrected chi connectivity index (χ1v) is 9.42. The number of ether oxygens (including phenoxy) is 1. The highest BCUT2D eigenvalue weighted by Crippen LogP contribution is 2.26. The molecule has 1 saturated heterocycles. The Hall–Kier alpha value is -0.780. The monoisotopic (exact) mass is 331 g/mol. The molecule has 118 valence electrons. The lowest BCUT2D eigenvalue weighted by molar-refractivity contribution is 0.226. The first kappa shape index (κ1) is 16.6. The van der Waals surface area contributed by atoms with Gasteiger partial charge in [-0.15, -0.1) is 0 Å². The Morgan fingerprint density at radius 1 is 1.43 bits per heavy atom. The number of nitrogens with one attached hydrogen (secondary N) is 1. The van der Waals surface area contributed by atoms with Gasteiger partial charge in [0.15, 0.2) is 9.84 Å². The van der Waals surface area contributed by atoms with E-state index in [-0.39, 0.29) is 17.6 Å². The van der Waals surface area contributed by atoms with Crippen molar-refractivity contribution in [2.45, 2.75) is 32.9 Å². The molecule has 2 rings (SSSR count). The lowest BCUT2D eigenvalue weighted by atomic mass is 10.1. The van der Waals surface area contributed by atoms with Crippen LogP contribution in [0, 0.1) is 5.92 Å². The second-order valence-corrected chi connectivity index (χ2v) is 8.58. The fourth-order valence-corrected chi connectivity index (χ4v) is 4.11. The zero-order valence-electron chi connectivity index (χ0n) is 12.4. The lowest BCUT2D eigenvalue weighted by Crippen LogP contribution is -2.22. The highest BCUT2D eigenvalue weighted by atomic mass is 35.5. The molecule has 0 amide bonds. The van der Waals surface area contributed by atoms with E-state index in [4.69, 9.17) is 16.3 Å². The van der Waals surface area contributed by atoms with Crippen LogP contribution in [0.15, 0.2) is 18.2 Å². The van der Waals surface area contributed by atoms with E-state index in [0.29, 0.717) is 23.9 Å². The summed E-state index contributed by atoms with van der Waals surface area (Å²) in [5, 5.41) is 4.01. The summed E-state index contributed by atoms with van der Waals surface area (Å²) in [6.45, 7) is 5.86. The standard InChI is InChI=1S/C15H22ClNO3S/c1-11(2)8-17-9-12-7-13(16)3-4-15(12)20-14-5-6-21(18,19)10-14/h3-4,7,11,14,17H,5-6,8-10H2,1-2H3. The van der Waals surface area contributed by atoms with Gasteiger partial charge in [0, 0.05) is 17.1 Å². The molecule has 0 bridgehead atoms. The SMILES string of the molecule is CC(C)CNCc1cc(Cl)ccc1OC1CCS(=O)(=O)C1. The molecule has 1 N–H and O–H groups in total. The van der Waals surface area contributed by atoms with Crippen molar-refractivity contribution in [2.24, 2.45) is 5.92 Å². The zero-order valence-corrected chi connectivity index (χ0v) is 14.0. The summed E-state index contributed by atoms with van der Waals surface area (Å²) in [6, 6.07) is 5.46. The van der Waals surface area contributed by atoms with Crippen LogP contribution >= 0.6 is 11.6 Å². The van der Waals surface area contributed by atoms with E-state index in [9.17, 15) is 8.42 Å². The fourth-order valence-electron chi connectivity index (χ4n) is 2.33. The number of hydrogen-bond acceptors (Lipinski definition) is 4. The molecule has 1 aliphatic heterocycles. The van der Waals surface area contributed by atoms with Crippen molar-refractivity contribution in [3.05, 3.63) is 28.8 Å². The van der Waals surface area contributed by atoms with Crippen LogP contribution in [0.25, 0.3) is 0 Å². The van der Waals surface area contributed by atoms with E-state index in [1.54, 1.807) is 6.07 Å². The molecule has 0 aliphatic carbocycles. The van der Waals surface area contributed by atoms with Crippen molar-refractivity contribution in [1.82, 2.24) is 5.32 Å². The van der Waals surface area contributed by atoms with Gasteiger partial charge in [-0.2, -0.15) is 0 Å². The normalized spacial score (nSPS) is 20.9. The van der Waals surface area contributed by atoms with Crippen LogP contribution < -0.4 is 10.1 Å². The molecule has 21 heavy (non-hydrogen) atoms. The van der Waals surface area contributed by atoms with Gasteiger partial charge in [-0.05, 0) is 37.1 Å². The topological polar surface area (TPSA) is 55.4 Å². The summed E-state index contributed by atoms with van der Waals surface area (Å²) >= 11 is 6.04. The molecule has 4 nitrogen and oxygen atoms in total. The Bertz CT molecular complexity index is 587. The number of benzene rings is 1. The molecule has 1 aromatic rings. The van der Waals surface area contributed by atoms with Crippen molar-refractivity contribution in [1.29, 1.82) is 0 Å². The number of hydrogen-bond donors (Lipinski definition) is 1. The first-order valence-electron chi connectivity index (χ1n) is 7.22. The minimum Gasteiger partial charge on any atom is -0.489 e. The lowest BCUT2D eigenvalue weighted by Gasteiger charge is -2.17. The van der Waals surface area contributed by atoms with Crippen LogP contribution in [0.5, 0.6) is 5.75 Å². The van der Waals surface area contributed by atoms with Crippen molar-refractivity contribution >= 4 is 21.4 Å². The minimum atomic E-state index is -2.93. The summed E-state index contributed by atoms with van der Waals surface area (Å²) in [5.41, 5.74) is 0.965. The third kappa shape index (κ3) is 5.16. The molecule has 6 heteroatoms. The van der Waals surface area contributed by atoms with Crippen LogP contribution in [0.3, 0.4) is 0 Å². The van der Waals surface area contributed by atoms with Crippen LogP contribution in [0.2, 0.25) is 5.02 Å².